The summed E-state index contributed by atoms with van der Waals surface area (Å²) in [5.74, 6) is -1.66. The number of aryl methyl sites for hydroxylation is 1. The van der Waals surface area contributed by atoms with Gasteiger partial charge in [-0.1, -0.05) is 30.3 Å². The van der Waals surface area contributed by atoms with Crippen LogP contribution >= 0.6 is 11.3 Å². The number of halogens is 3. The van der Waals surface area contributed by atoms with Crippen molar-refractivity contribution < 1.29 is 23.1 Å². The van der Waals surface area contributed by atoms with E-state index in [1.54, 1.807) is 37.3 Å². The van der Waals surface area contributed by atoms with Crippen molar-refractivity contribution >= 4 is 22.3 Å². The second kappa shape index (κ2) is 4.84. The number of rotatable bonds is 2. The minimum atomic E-state index is -4.82. The van der Waals surface area contributed by atoms with Crippen molar-refractivity contribution in [3.63, 3.8) is 0 Å². The average molecular weight is 326 g/mol. The summed E-state index contributed by atoms with van der Waals surface area (Å²) >= 11 is 1.03. The fourth-order valence-electron chi connectivity index (χ4n) is 2.34. The smallest absolute Gasteiger partial charge is 0.435 e. The van der Waals surface area contributed by atoms with Crippen LogP contribution in [0.15, 0.2) is 30.3 Å². The number of carboxylic acid groups (broad SMARTS) is 1. The Kier molecular flexibility index (Phi) is 3.21. The summed E-state index contributed by atoms with van der Waals surface area (Å²) in [5.41, 5.74) is -1.17. The molecule has 0 fully saturated rings. The van der Waals surface area contributed by atoms with Gasteiger partial charge >= 0.3 is 12.1 Å². The molecule has 0 aliphatic carbocycles. The Bertz CT molecular complexity index is 866. The minimum absolute atomic E-state index is 0.0149. The van der Waals surface area contributed by atoms with Gasteiger partial charge in [0.2, 0.25) is 0 Å². The number of imidazole rings is 1. The van der Waals surface area contributed by atoms with Crippen LogP contribution < -0.4 is 0 Å². The summed E-state index contributed by atoms with van der Waals surface area (Å²) in [6.07, 6.45) is -4.82. The van der Waals surface area contributed by atoms with Crippen LogP contribution in [0.5, 0.6) is 0 Å². The zero-order chi connectivity index (χ0) is 16.1. The fourth-order valence-corrected chi connectivity index (χ4v) is 3.33. The van der Waals surface area contributed by atoms with E-state index < -0.39 is 23.5 Å². The summed E-state index contributed by atoms with van der Waals surface area (Å²) in [5, 5.41) is 9.24. The fraction of sp³-hybridized carbons (Fsp3) is 0.143. The number of hydrogen-bond donors (Lipinski definition) is 1. The molecule has 114 valence electrons. The van der Waals surface area contributed by atoms with Gasteiger partial charge in [-0.3, -0.25) is 4.40 Å². The predicted molar refractivity (Wildman–Crippen MR) is 75.2 cm³/mol. The molecule has 8 heteroatoms. The Hall–Kier alpha value is -2.35. The first-order valence-electron chi connectivity index (χ1n) is 6.18. The maximum Gasteiger partial charge on any atom is 0.435 e. The minimum Gasteiger partial charge on any atom is -0.476 e. The van der Waals surface area contributed by atoms with E-state index in [1.807, 2.05) is 0 Å². The van der Waals surface area contributed by atoms with Crippen LogP contribution in [0.3, 0.4) is 0 Å². The van der Waals surface area contributed by atoms with E-state index in [4.69, 9.17) is 0 Å². The zero-order valence-electron chi connectivity index (χ0n) is 11.2. The van der Waals surface area contributed by atoms with Crippen LogP contribution in [0.25, 0.3) is 16.2 Å². The molecule has 0 spiro atoms. The number of fused-ring (bicyclic) bond motifs is 1. The van der Waals surface area contributed by atoms with Gasteiger partial charge in [0.15, 0.2) is 16.3 Å². The lowest BCUT2D eigenvalue weighted by atomic mass is 10.1. The van der Waals surface area contributed by atoms with Gasteiger partial charge in [-0.25, -0.2) is 9.78 Å². The van der Waals surface area contributed by atoms with E-state index in [2.05, 4.69) is 4.98 Å². The zero-order valence-corrected chi connectivity index (χ0v) is 12.0. The lowest BCUT2D eigenvalue weighted by Crippen LogP contribution is -2.14. The summed E-state index contributed by atoms with van der Waals surface area (Å²) in [4.78, 5) is 15.6. The van der Waals surface area contributed by atoms with Crippen molar-refractivity contribution in [2.24, 2.45) is 0 Å². The highest BCUT2D eigenvalue weighted by Gasteiger charge is 2.41. The summed E-state index contributed by atoms with van der Waals surface area (Å²) in [7, 11) is 0. The third-order valence-electron chi connectivity index (χ3n) is 3.17. The van der Waals surface area contributed by atoms with Gasteiger partial charge in [-0.2, -0.15) is 13.2 Å². The van der Waals surface area contributed by atoms with Gasteiger partial charge in [0.1, 0.15) is 0 Å². The molecule has 0 unspecified atom stereocenters. The normalized spacial score (nSPS) is 12.0. The molecule has 3 aromatic rings. The van der Waals surface area contributed by atoms with Crippen molar-refractivity contribution in [2.75, 3.05) is 0 Å². The van der Waals surface area contributed by atoms with Crippen molar-refractivity contribution in [1.29, 1.82) is 0 Å². The van der Waals surface area contributed by atoms with Crippen molar-refractivity contribution in [3.8, 4) is 11.3 Å². The Morgan fingerprint density at radius 1 is 1.27 bits per heavy atom. The lowest BCUT2D eigenvalue weighted by Gasteiger charge is -2.07. The number of nitrogens with zero attached hydrogens (tertiary/aromatic N) is 2. The van der Waals surface area contributed by atoms with Gasteiger partial charge in [0.25, 0.3) is 0 Å². The Morgan fingerprint density at radius 3 is 2.45 bits per heavy atom. The molecule has 0 aliphatic rings. The van der Waals surface area contributed by atoms with Crippen molar-refractivity contribution in [3.05, 3.63) is 46.6 Å². The number of aromatic nitrogens is 2. The number of benzene rings is 1. The number of hydrogen-bond acceptors (Lipinski definition) is 3. The first-order valence-corrected chi connectivity index (χ1v) is 7.00. The summed E-state index contributed by atoms with van der Waals surface area (Å²) < 4.78 is 40.1. The van der Waals surface area contributed by atoms with E-state index in [0.29, 0.717) is 16.1 Å². The number of aromatic carboxylic acids is 1. The molecule has 0 saturated carbocycles. The van der Waals surface area contributed by atoms with Gasteiger partial charge in [0.05, 0.1) is 5.69 Å². The second-order valence-corrected chi connectivity index (χ2v) is 5.78. The second-order valence-electron chi connectivity index (χ2n) is 4.60. The molecule has 22 heavy (non-hydrogen) atoms. The van der Waals surface area contributed by atoms with Crippen LogP contribution in [0.2, 0.25) is 0 Å². The van der Waals surface area contributed by atoms with Gasteiger partial charge in [-0.05, 0) is 12.5 Å². The standard InChI is InChI=1S/C14H9F3N2O2S/c1-7-9(8-5-3-2-4-6-8)19-10(12(20)21)11(14(15,16)17)18-13(19)22-7/h2-6H,1H3,(H,20,21). The number of thiazole rings is 1. The maximum atomic E-state index is 13.0. The molecule has 2 aromatic heterocycles. The van der Waals surface area contributed by atoms with Gasteiger partial charge < -0.3 is 5.11 Å². The summed E-state index contributed by atoms with van der Waals surface area (Å²) in [6.45, 7) is 1.72. The number of alkyl halides is 3. The molecule has 0 bridgehead atoms. The van der Waals surface area contributed by atoms with E-state index >= 15 is 0 Å². The predicted octanol–water partition coefficient (Wildman–Crippen LogP) is 4.09. The molecular formula is C14H9F3N2O2S. The Balaban J connectivity index is 2.42. The largest absolute Gasteiger partial charge is 0.476 e. The van der Waals surface area contributed by atoms with Crippen LogP contribution in [0.4, 0.5) is 13.2 Å². The first kappa shape index (κ1) is 14.6. The van der Waals surface area contributed by atoms with Gasteiger partial charge in [-0.15, -0.1) is 11.3 Å². The Labute approximate surface area is 126 Å². The monoisotopic (exact) mass is 326 g/mol. The molecule has 0 radical (unpaired) electrons. The average Bonchev–Trinajstić information content (AvgIpc) is 2.93. The van der Waals surface area contributed by atoms with Crippen LogP contribution in [0.1, 0.15) is 21.1 Å². The first-order chi connectivity index (χ1) is 10.3. The third kappa shape index (κ3) is 2.16. The summed E-state index contributed by atoms with van der Waals surface area (Å²) in [6, 6.07) is 8.68. The molecule has 1 aromatic carbocycles. The molecule has 0 aliphatic heterocycles. The molecule has 0 atom stereocenters. The molecular weight excluding hydrogens is 317 g/mol. The van der Waals surface area contributed by atoms with Crippen LogP contribution in [0, 0.1) is 6.92 Å². The van der Waals surface area contributed by atoms with Gasteiger partial charge in [0, 0.05) is 4.88 Å². The van der Waals surface area contributed by atoms with E-state index in [0.717, 1.165) is 15.7 Å². The highest BCUT2D eigenvalue weighted by Crippen LogP contribution is 2.38. The SMILES string of the molecule is Cc1sc2nc(C(F)(F)F)c(C(=O)O)n2c1-c1ccccc1. The lowest BCUT2D eigenvalue weighted by molar-refractivity contribution is -0.141. The van der Waals surface area contributed by atoms with E-state index in [9.17, 15) is 23.1 Å². The van der Waals surface area contributed by atoms with Crippen molar-refractivity contribution in [2.45, 2.75) is 13.1 Å². The highest BCUT2D eigenvalue weighted by atomic mass is 32.1. The molecule has 3 rings (SSSR count). The maximum absolute atomic E-state index is 13.0. The number of carbonyl (C=O) groups is 1. The van der Waals surface area contributed by atoms with Crippen molar-refractivity contribution in [1.82, 2.24) is 9.38 Å². The third-order valence-corrected chi connectivity index (χ3v) is 4.12. The molecule has 1 N–H and O–H groups in total. The topological polar surface area (TPSA) is 54.6 Å². The number of carboxylic acids is 1. The highest BCUT2D eigenvalue weighted by molar-refractivity contribution is 7.17. The van der Waals surface area contributed by atoms with E-state index in [1.165, 1.54) is 0 Å². The molecule has 0 saturated heterocycles. The van der Waals surface area contributed by atoms with Crippen LogP contribution in [-0.4, -0.2) is 20.5 Å². The van der Waals surface area contributed by atoms with E-state index in [-0.39, 0.29) is 4.96 Å². The van der Waals surface area contributed by atoms with Crippen LogP contribution in [-0.2, 0) is 6.18 Å². The molecule has 0 amide bonds. The quantitative estimate of drug-likeness (QED) is 0.772. The molecule has 4 nitrogen and oxygen atoms in total. The Morgan fingerprint density at radius 2 is 1.91 bits per heavy atom. The molecule has 2 heterocycles.